The van der Waals surface area contributed by atoms with Crippen LogP contribution in [0.4, 0.5) is 4.39 Å². The molecule has 0 aliphatic heterocycles. The van der Waals surface area contributed by atoms with Crippen LogP contribution in [0, 0.1) is 12.7 Å². The Morgan fingerprint density at radius 3 is 2.63 bits per heavy atom. The fraction of sp³-hybridized carbons (Fsp3) is 0.250. The summed E-state index contributed by atoms with van der Waals surface area (Å²) in [6, 6.07) is 12.5. The minimum Gasteiger partial charge on any atom is -0.489 e. The maximum Gasteiger partial charge on any atom is 0.132 e. The van der Waals surface area contributed by atoms with Gasteiger partial charge < -0.3 is 9.84 Å². The second-order valence-electron chi connectivity index (χ2n) is 4.64. The van der Waals surface area contributed by atoms with Crippen LogP contribution in [-0.2, 0) is 6.61 Å². The molecule has 2 aromatic carbocycles. The van der Waals surface area contributed by atoms with Gasteiger partial charge in [-0.05, 0) is 31.5 Å². The van der Waals surface area contributed by atoms with E-state index in [1.54, 1.807) is 12.1 Å². The summed E-state index contributed by atoms with van der Waals surface area (Å²) in [5, 5.41) is 9.35. The van der Waals surface area contributed by atoms with Gasteiger partial charge in [-0.15, -0.1) is 0 Å². The Hall–Kier alpha value is -1.87. The number of aliphatic hydroxyl groups excluding tert-OH is 1. The molecule has 0 saturated heterocycles. The number of ether oxygens (including phenoxy) is 1. The predicted molar refractivity (Wildman–Crippen MR) is 72.5 cm³/mol. The lowest BCUT2D eigenvalue weighted by molar-refractivity contribution is 0.194. The highest BCUT2D eigenvalue weighted by Crippen LogP contribution is 2.22. The third kappa shape index (κ3) is 3.55. The zero-order valence-electron chi connectivity index (χ0n) is 11.1. The lowest BCUT2D eigenvalue weighted by Gasteiger charge is -2.10. The van der Waals surface area contributed by atoms with Crippen molar-refractivity contribution in [2.45, 2.75) is 26.6 Å². The molecule has 0 bridgehead atoms. The molecule has 19 heavy (non-hydrogen) atoms. The third-order valence-corrected chi connectivity index (χ3v) is 2.91. The summed E-state index contributed by atoms with van der Waals surface area (Å²) in [7, 11) is 0. The summed E-state index contributed by atoms with van der Waals surface area (Å²) in [6.07, 6.45) is -0.814. The number of hydrogen-bond donors (Lipinski definition) is 1. The van der Waals surface area contributed by atoms with Crippen LogP contribution in [0.25, 0.3) is 0 Å². The first-order valence-corrected chi connectivity index (χ1v) is 6.22. The van der Waals surface area contributed by atoms with Crippen LogP contribution < -0.4 is 4.74 Å². The second kappa shape index (κ2) is 5.85. The first kappa shape index (κ1) is 13.6. The first-order valence-electron chi connectivity index (χ1n) is 6.22. The van der Waals surface area contributed by atoms with Crippen molar-refractivity contribution in [2.75, 3.05) is 0 Å². The molecule has 2 rings (SSSR count). The Balaban J connectivity index is 2.06. The van der Waals surface area contributed by atoms with E-state index in [2.05, 4.69) is 0 Å². The van der Waals surface area contributed by atoms with Crippen molar-refractivity contribution in [2.24, 2.45) is 0 Å². The van der Waals surface area contributed by atoms with Gasteiger partial charge in [0, 0.05) is 11.6 Å². The van der Waals surface area contributed by atoms with Gasteiger partial charge in [-0.1, -0.05) is 29.8 Å². The molecule has 0 aliphatic rings. The smallest absolute Gasteiger partial charge is 0.132 e. The number of aryl methyl sites for hydroxylation is 1. The van der Waals surface area contributed by atoms with Gasteiger partial charge in [-0.25, -0.2) is 4.39 Å². The molecule has 1 atom stereocenters. The van der Waals surface area contributed by atoms with E-state index in [1.165, 1.54) is 13.0 Å². The summed E-state index contributed by atoms with van der Waals surface area (Å²) in [5.74, 6) is 0.0140. The molecule has 0 amide bonds. The quantitative estimate of drug-likeness (QED) is 0.906. The van der Waals surface area contributed by atoms with E-state index in [9.17, 15) is 9.50 Å². The first-order chi connectivity index (χ1) is 9.06. The Labute approximate surface area is 112 Å². The standard InChI is InChI=1S/C16H17FO2/c1-11-4-3-5-13(8-11)10-19-14-6-7-15(12(2)18)16(17)9-14/h3-9,12,18H,10H2,1-2H3. The summed E-state index contributed by atoms with van der Waals surface area (Å²) >= 11 is 0. The minimum absolute atomic E-state index is 0.280. The highest BCUT2D eigenvalue weighted by molar-refractivity contribution is 5.30. The largest absolute Gasteiger partial charge is 0.489 e. The maximum absolute atomic E-state index is 13.7. The van der Waals surface area contributed by atoms with E-state index < -0.39 is 11.9 Å². The second-order valence-corrected chi connectivity index (χ2v) is 4.64. The lowest BCUT2D eigenvalue weighted by atomic mass is 10.1. The van der Waals surface area contributed by atoms with Crippen LogP contribution in [0.5, 0.6) is 5.75 Å². The Bertz CT molecular complexity index is 564. The van der Waals surface area contributed by atoms with Gasteiger partial charge in [0.15, 0.2) is 0 Å². The van der Waals surface area contributed by atoms with E-state index in [-0.39, 0.29) is 5.56 Å². The molecule has 2 aromatic rings. The lowest BCUT2D eigenvalue weighted by Crippen LogP contribution is -1.99. The molecule has 1 unspecified atom stereocenters. The van der Waals surface area contributed by atoms with Crippen LogP contribution >= 0.6 is 0 Å². The van der Waals surface area contributed by atoms with E-state index in [4.69, 9.17) is 4.74 Å². The van der Waals surface area contributed by atoms with Gasteiger partial charge in [0.25, 0.3) is 0 Å². The van der Waals surface area contributed by atoms with Crippen molar-refractivity contribution in [3.05, 3.63) is 65.0 Å². The van der Waals surface area contributed by atoms with Crippen LogP contribution in [0.2, 0.25) is 0 Å². The van der Waals surface area contributed by atoms with E-state index in [0.717, 1.165) is 11.1 Å². The van der Waals surface area contributed by atoms with Crippen molar-refractivity contribution in [1.29, 1.82) is 0 Å². The molecule has 3 heteroatoms. The van der Waals surface area contributed by atoms with Crippen LogP contribution in [0.1, 0.15) is 29.7 Å². The topological polar surface area (TPSA) is 29.5 Å². The fourth-order valence-corrected chi connectivity index (χ4v) is 1.91. The van der Waals surface area contributed by atoms with Gasteiger partial charge in [0.05, 0.1) is 6.10 Å². The Morgan fingerprint density at radius 1 is 1.21 bits per heavy atom. The van der Waals surface area contributed by atoms with E-state index in [1.807, 2.05) is 31.2 Å². The number of aliphatic hydroxyl groups is 1. The number of halogens is 1. The average Bonchev–Trinajstić information content (AvgIpc) is 2.36. The maximum atomic E-state index is 13.7. The fourth-order valence-electron chi connectivity index (χ4n) is 1.91. The third-order valence-electron chi connectivity index (χ3n) is 2.91. The average molecular weight is 260 g/mol. The SMILES string of the molecule is Cc1cccc(COc2ccc(C(C)O)c(F)c2)c1. The zero-order chi connectivity index (χ0) is 13.8. The molecular weight excluding hydrogens is 243 g/mol. The molecule has 0 aliphatic carbocycles. The van der Waals surface area contributed by atoms with Crippen molar-refractivity contribution < 1.29 is 14.2 Å². The van der Waals surface area contributed by atoms with Gasteiger partial charge in [-0.3, -0.25) is 0 Å². The summed E-state index contributed by atoms with van der Waals surface area (Å²) in [5.41, 5.74) is 2.49. The number of rotatable bonds is 4. The van der Waals surface area contributed by atoms with E-state index in [0.29, 0.717) is 12.4 Å². The normalized spacial score (nSPS) is 12.2. The van der Waals surface area contributed by atoms with Crippen LogP contribution in [-0.4, -0.2) is 5.11 Å². The van der Waals surface area contributed by atoms with Crippen molar-refractivity contribution >= 4 is 0 Å². The van der Waals surface area contributed by atoms with Crippen molar-refractivity contribution in [3.8, 4) is 5.75 Å². The molecule has 2 nitrogen and oxygen atoms in total. The predicted octanol–water partition coefficient (Wildman–Crippen LogP) is 3.77. The highest BCUT2D eigenvalue weighted by Gasteiger charge is 2.09. The monoisotopic (exact) mass is 260 g/mol. The number of hydrogen-bond acceptors (Lipinski definition) is 2. The van der Waals surface area contributed by atoms with Crippen LogP contribution in [0.15, 0.2) is 42.5 Å². The molecule has 0 spiro atoms. The molecular formula is C16H17FO2. The van der Waals surface area contributed by atoms with Crippen molar-refractivity contribution in [1.82, 2.24) is 0 Å². The molecule has 0 fully saturated rings. The Morgan fingerprint density at radius 2 is 2.00 bits per heavy atom. The molecule has 100 valence electrons. The van der Waals surface area contributed by atoms with Gasteiger partial charge in [0.1, 0.15) is 18.2 Å². The summed E-state index contributed by atoms with van der Waals surface area (Å²) < 4.78 is 19.2. The molecule has 0 aromatic heterocycles. The highest BCUT2D eigenvalue weighted by atomic mass is 19.1. The van der Waals surface area contributed by atoms with Gasteiger partial charge in [0.2, 0.25) is 0 Å². The molecule has 0 saturated carbocycles. The van der Waals surface area contributed by atoms with Crippen molar-refractivity contribution in [3.63, 3.8) is 0 Å². The zero-order valence-corrected chi connectivity index (χ0v) is 11.1. The summed E-state index contributed by atoms with van der Waals surface area (Å²) in [4.78, 5) is 0. The molecule has 0 radical (unpaired) electrons. The molecule has 0 heterocycles. The minimum atomic E-state index is -0.814. The molecule has 1 N–H and O–H groups in total. The summed E-state index contributed by atoms with van der Waals surface area (Å²) in [6.45, 7) is 3.95. The van der Waals surface area contributed by atoms with Crippen LogP contribution in [0.3, 0.4) is 0 Å². The Kier molecular flexibility index (Phi) is 4.17. The van der Waals surface area contributed by atoms with Gasteiger partial charge >= 0.3 is 0 Å². The van der Waals surface area contributed by atoms with Gasteiger partial charge in [-0.2, -0.15) is 0 Å². The van der Waals surface area contributed by atoms with E-state index >= 15 is 0 Å². The number of benzene rings is 2.